The van der Waals surface area contributed by atoms with E-state index < -0.39 is 0 Å². The average Bonchev–Trinajstić information content (AvgIpc) is 3.34. The number of thiocarbonyl (C=S) groups is 1. The highest BCUT2D eigenvalue weighted by Gasteiger charge is 2.26. The van der Waals surface area contributed by atoms with Gasteiger partial charge in [0.1, 0.15) is 0 Å². The molecule has 2 heterocycles. The van der Waals surface area contributed by atoms with E-state index in [-0.39, 0.29) is 0 Å². The van der Waals surface area contributed by atoms with Crippen LogP contribution in [0.4, 0.5) is 0 Å². The Balaban J connectivity index is 1.34. The maximum absolute atomic E-state index is 5.64. The first-order valence-electron chi connectivity index (χ1n) is 9.46. The zero-order valence-corrected chi connectivity index (χ0v) is 18.0. The summed E-state index contributed by atoms with van der Waals surface area (Å²) in [6.07, 6.45) is 7.50. The summed E-state index contributed by atoms with van der Waals surface area (Å²) in [5.74, 6) is 0.562. The molecule has 0 unspecified atom stereocenters. The molecule has 1 saturated heterocycles. The minimum atomic E-state index is 0.562. The summed E-state index contributed by atoms with van der Waals surface area (Å²) < 4.78 is 1.10. The number of aromatic nitrogens is 1. The molecule has 0 spiro atoms. The number of halogens is 1. The van der Waals surface area contributed by atoms with Crippen molar-refractivity contribution in [1.82, 2.24) is 15.2 Å². The van der Waals surface area contributed by atoms with Crippen LogP contribution in [0.2, 0.25) is 0 Å². The molecular formula is C20H24BrN3S2. The van der Waals surface area contributed by atoms with Crippen LogP contribution >= 0.6 is 39.5 Å². The summed E-state index contributed by atoms with van der Waals surface area (Å²) >= 11 is 11.0. The number of thiazole rings is 1. The van der Waals surface area contributed by atoms with Crippen molar-refractivity contribution >= 4 is 44.6 Å². The minimum absolute atomic E-state index is 0.562. The fourth-order valence-electron chi connectivity index (χ4n) is 3.92. The summed E-state index contributed by atoms with van der Waals surface area (Å²) in [4.78, 5) is 7.28. The van der Waals surface area contributed by atoms with E-state index in [4.69, 9.17) is 17.2 Å². The Morgan fingerprint density at radius 2 is 1.96 bits per heavy atom. The van der Waals surface area contributed by atoms with Crippen LogP contribution < -0.4 is 5.32 Å². The maximum Gasteiger partial charge on any atom is 0.169 e. The maximum atomic E-state index is 5.64. The van der Waals surface area contributed by atoms with E-state index in [1.54, 1.807) is 11.3 Å². The molecule has 4 rings (SSSR count). The molecule has 1 N–H and O–H groups in total. The summed E-state index contributed by atoms with van der Waals surface area (Å²) in [6, 6.07) is 8.98. The molecule has 1 aliphatic heterocycles. The van der Waals surface area contributed by atoms with Crippen LogP contribution in [0.5, 0.6) is 0 Å². The molecule has 0 bridgehead atoms. The summed E-state index contributed by atoms with van der Waals surface area (Å²) in [5.41, 5.74) is 2.27. The van der Waals surface area contributed by atoms with E-state index in [1.807, 2.05) is 0 Å². The molecule has 1 saturated carbocycles. The van der Waals surface area contributed by atoms with Crippen molar-refractivity contribution in [3.63, 3.8) is 0 Å². The summed E-state index contributed by atoms with van der Waals surface area (Å²) in [7, 11) is 0. The third kappa shape index (κ3) is 4.29. The molecule has 1 aromatic heterocycles. The lowest BCUT2D eigenvalue weighted by molar-refractivity contribution is 0.306. The van der Waals surface area contributed by atoms with Crippen molar-refractivity contribution in [2.24, 2.45) is 0 Å². The number of hydrogen-bond donors (Lipinski definition) is 1. The smallest absolute Gasteiger partial charge is 0.169 e. The monoisotopic (exact) mass is 449 g/mol. The number of likely N-dealkylation sites (tertiary alicyclic amines) is 1. The average molecular weight is 450 g/mol. The van der Waals surface area contributed by atoms with Crippen molar-refractivity contribution < 1.29 is 0 Å². The predicted molar refractivity (Wildman–Crippen MR) is 117 cm³/mol. The van der Waals surface area contributed by atoms with Gasteiger partial charge in [0.15, 0.2) is 5.11 Å². The second-order valence-electron chi connectivity index (χ2n) is 7.27. The third-order valence-electron chi connectivity index (χ3n) is 5.46. The highest BCUT2D eigenvalue weighted by Crippen LogP contribution is 2.33. The van der Waals surface area contributed by atoms with Crippen molar-refractivity contribution in [1.29, 1.82) is 0 Å². The SMILES string of the molecule is S=C(NC1CCCC1)N1CCC(c2nc(-c3cccc(Br)c3)cs2)CC1. The van der Waals surface area contributed by atoms with Gasteiger partial charge in [0.2, 0.25) is 0 Å². The van der Waals surface area contributed by atoms with Gasteiger partial charge in [0, 0.05) is 40.5 Å². The number of hydrogen-bond acceptors (Lipinski definition) is 3. The molecule has 3 nitrogen and oxygen atoms in total. The lowest BCUT2D eigenvalue weighted by Gasteiger charge is -2.34. The van der Waals surface area contributed by atoms with Gasteiger partial charge in [0.25, 0.3) is 0 Å². The van der Waals surface area contributed by atoms with Crippen LogP contribution in [0.15, 0.2) is 34.1 Å². The van der Waals surface area contributed by atoms with Gasteiger partial charge < -0.3 is 10.2 Å². The number of piperidine rings is 1. The standard InChI is InChI=1S/C20H24BrN3S2/c21-16-5-3-4-15(12-16)18-13-26-19(23-18)14-8-10-24(11-9-14)20(25)22-17-6-1-2-7-17/h3-5,12-14,17H,1-2,6-11H2,(H,22,25). The zero-order chi connectivity index (χ0) is 17.9. The number of rotatable bonds is 3. The van der Waals surface area contributed by atoms with E-state index in [2.05, 4.69) is 55.8 Å². The second kappa shape index (κ2) is 8.36. The van der Waals surface area contributed by atoms with Crippen LogP contribution in [-0.2, 0) is 0 Å². The Morgan fingerprint density at radius 1 is 1.19 bits per heavy atom. The molecule has 1 aliphatic carbocycles. The molecular weight excluding hydrogens is 426 g/mol. The second-order valence-corrected chi connectivity index (χ2v) is 9.47. The molecule has 2 fully saturated rings. The lowest BCUT2D eigenvalue weighted by atomic mass is 9.98. The van der Waals surface area contributed by atoms with Gasteiger partial charge in [-0.15, -0.1) is 11.3 Å². The van der Waals surface area contributed by atoms with Crippen molar-refractivity contribution in [2.75, 3.05) is 13.1 Å². The first kappa shape index (κ1) is 18.4. The first-order valence-corrected chi connectivity index (χ1v) is 11.5. The molecule has 0 radical (unpaired) electrons. The van der Waals surface area contributed by atoms with Gasteiger partial charge in [-0.2, -0.15) is 0 Å². The van der Waals surface area contributed by atoms with E-state index in [9.17, 15) is 0 Å². The Kier molecular flexibility index (Phi) is 5.91. The summed E-state index contributed by atoms with van der Waals surface area (Å²) in [6.45, 7) is 2.07. The number of benzene rings is 1. The Labute approximate surface area is 173 Å². The molecule has 6 heteroatoms. The number of nitrogens with one attached hydrogen (secondary N) is 1. The zero-order valence-electron chi connectivity index (χ0n) is 14.8. The highest BCUT2D eigenvalue weighted by atomic mass is 79.9. The van der Waals surface area contributed by atoms with Crippen LogP contribution in [0.3, 0.4) is 0 Å². The fraction of sp³-hybridized carbons (Fsp3) is 0.500. The van der Waals surface area contributed by atoms with Crippen molar-refractivity contribution in [2.45, 2.75) is 50.5 Å². The molecule has 1 aromatic carbocycles. The molecule has 0 atom stereocenters. The quantitative estimate of drug-likeness (QED) is 0.619. The van der Waals surface area contributed by atoms with Gasteiger partial charge in [-0.25, -0.2) is 4.98 Å². The van der Waals surface area contributed by atoms with E-state index >= 15 is 0 Å². The van der Waals surface area contributed by atoms with Gasteiger partial charge in [-0.1, -0.05) is 40.9 Å². The Morgan fingerprint density at radius 3 is 2.69 bits per heavy atom. The largest absolute Gasteiger partial charge is 0.360 e. The van der Waals surface area contributed by atoms with Crippen LogP contribution in [-0.4, -0.2) is 34.1 Å². The highest BCUT2D eigenvalue weighted by molar-refractivity contribution is 9.10. The minimum Gasteiger partial charge on any atom is -0.360 e. The topological polar surface area (TPSA) is 28.2 Å². The third-order valence-corrected chi connectivity index (χ3v) is 7.33. The van der Waals surface area contributed by atoms with Crippen LogP contribution in [0.1, 0.15) is 49.5 Å². The van der Waals surface area contributed by atoms with E-state index in [1.165, 1.54) is 36.3 Å². The Bertz CT molecular complexity index is 762. The van der Waals surface area contributed by atoms with E-state index in [0.29, 0.717) is 12.0 Å². The van der Waals surface area contributed by atoms with Gasteiger partial charge >= 0.3 is 0 Å². The van der Waals surface area contributed by atoms with Gasteiger partial charge in [-0.05, 0) is 50.0 Å². The molecule has 138 valence electrons. The van der Waals surface area contributed by atoms with E-state index in [0.717, 1.165) is 41.2 Å². The molecule has 2 aromatic rings. The molecule has 0 amide bonds. The number of nitrogens with zero attached hydrogens (tertiary/aromatic N) is 2. The van der Waals surface area contributed by atoms with Crippen molar-refractivity contribution in [3.05, 3.63) is 39.1 Å². The van der Waals surface area contributed by atoms with Gasteiger partial charge in [0.05, 0.1) is 10.7 Å². The first-order chi connectivity index (χ1) is 12.7. The van der Waals surface area contributed by atoms with Crippen LogP contribution in [0.25, 0.3) is 11.3 Å². The van der Waals surface area contributed by atoms with Crippen molar-refractivity contribution in [3.8, 4) is 11.3 Å². The lowest BCUT2D eigenvalue weighted by Crippen LogP contribution is -2.46. The molecule has 26 heavy (non-hydrogen) atoms. The fourth-order valence-corrected chi connectivity index (χ4v) is 5.67. The normalized spacial score (nSPS) is 19.0. The molecule has 2 aliphatic rings. The Hall–Kier alpha value is -0.980. The van der Waals surface area contributed by atoms with Gasteiger partial charge in [-0.3, -0.25) is 0 Å². The van der Waals surface area contributed by atoms with Crippen LogP contribution in [0, 0.1) is 0 Å². The summed E-state index contributed by atoms with van der Waals surface area (Å²) in [5, 5.41) is 8.00. The predicted octanol–water partition coefficient (Wildman–Crippen LogP) is 5.57.